The van der Waals surface area contributed by atoms with Gasteiger partial charge < -0.3 is 15.3 Å². The van der Waals surface area contributed by atoms with Crippen LogP contribution in [0.15, 0.2) is 0 Å². The molecule has 3 atom stereocenters. The molecule has 29 heavy (non-hydrogen) atoms. The molecule has 0 saturated heterocycles. The number of hydrogen-bond acceptors (Lipinski definition) is 6. The van der Waals surface area contributed by atoms with Crippen molar-refractivity contribution < 1.29 is 32.5 Å². The van der Waals surface area contributed by atoms with Crippen LogP contribution in [0.1, 0.15) is 116 Å². The molecule has 3 unspecified atom stereocenters. The molecule has 0 aliphatic rings. The standard InChI is InChI=1S/C21H44O7S/c1-2-3-4-5-6-7-8-9-10-11-12-13-14-15-16-17-18-19(22)20(23)21(24)28-29(25,26)27/h19-24H,2-18H2,1H3,(H,25,26,27). The Morgan fingerprint density at radius 3 is 1.34 bits per heavy atom. The molecular weight excluding hydrogens is 396 g/mol. The summed E-state index contributed by atoms with van der Waals surface area (Å²) in [6.45, 7) is 2.25. The molecule has 0 aromatic heterocycles. The van der Waals surface area contributed by atoms with E-state index in [1.165, 1.54) is 77.0 Å². The Kier molecular flexibility index (Phi) is 18.4. The van der Waals surface area contributed by atoms with Crippen molar-refractivity contribution in [2.24, 2.45) is 0 Å². The minimum atomic E-state index is -4.87. The highest BCUT2D eigenvalue weighted by atomic mass is 32.3. The SMILES string of the molecule is CCCCCCCCCCCCCCCCCCC(O)C(O)C(O)OS(=O)(=O)O. The second-order valence-corrected chi connectivity index (χ2v) is 9.11. The summed E-state index contributed by atoms with van der Waals surface area (Å²) < 4.78 is 33.2. The van der Waals surface area contributed by atoms with Crippen LogP contribution < -0.4 is 0 Å². The predicted molar refractivity (Wildman–Crippen MR) is 115 cm³/mol. The molecule has 0 fully saturated rings. The van der Waals surface area contributed by atoms with Crippen molar-refractivity contribution in [2.45, 2.75) is 135 Å². The lowest BCUT2D eigenvalue weighted by molar-refractivity contribution is -0.144. The average Bonchev–Trinajstić information content (AvgIpc) is 2.65. The molecule has 0 aromatic rings. The van der Waals surface area contributed by atoms with Gasteiger partial charge in [0.2, 0.25) is 6.29 Å². The Morgan fingerprint density at radius 1 is 0.655 bits per heavy atom. The van der Waals surface area contributed by atoms with Crippen LogP contribution in [0, 0.1) is 0 Å². The number of rotatable bonds is 21. The van der Waals surface area contributed by atoms with Crippen LogP contribution >= 0.6 is 0 Å². The van der Waals surface area contributed by atoms with Crippen LogP contribution in [0.5, 0.6) is 0 Å². The molecule has 8 heteroatoms. The van der Waals surface area contributed by atoms with E-state index in [0.29, 0.717) is 6.42 Å². The molecule has 7 nitrogen and oxygen atoms in total. The van der Waals surface area contributed by atoms with Crippen molar-refractivity contribution in [3.8, 4) is 0 Å². The first kappa shape index (κ1) is 28.8. The summed E-state index contributed by atoms with van der Waals surface area (Å²) in [6.07, 6.45) is 14.7. The van der Waals surface area contributed by atoms with Crippen molar-refractivity contribution >= 4 is 10.4 Å². The van der Waals surface area contributed by atoms with Crippen molar-refractivity contribution in [3.63, 3.8) is 0 Å². The quantitative estimate of drug-likeness (QED) is 0.118. The van der Waals surface area contributed by atoms with Gasteiger partial charge in [0.05, 0.1) is 6.10 Å². The van der Waals surface area contributed by atoms with Gasteiger partial charge in [-0.25, -0.2) is 4.18 Å². The Bertz CT molecular complexity index is 456. The van der Waals surface area contributed by atoms with Crippen molar-refractivity contribution in [1.82, 2.24) is 0 Å². The third kappa shape index (κ3) is 19.5. The Balaban J connectivity index is 3.40. The van der Waals surface area contributed by atoms with Crippen molar-refractivity contribution in [3.05, 3.63) is 0 Å². The molecular formula is C21H44O7S. The number of aliphatic hydroxyl groups excluding tert-OH is 3. The van der Waals surface area contributed by atoms with Gasteiger partial charge in [-0.05, 0) is 6.42 Å². The van der Waals surface area contributed by atoms with Crippen LogP contribution in [0.4, 0.5) is 0 Å². The molecule has 0 spiro atoms. The third-order valence-electron chi connectivity index (χ3n) is 5.26. The molecule has 0 aliphatic carbocycles. The first-order valence-electron chi connectivity index (χ1n) is 11.5. The van der Waals surface area contributed by atoms with Crippen LogP contribution in [-0.2, 0) is 14.6 Å². The minimum Gasteiger partial charge on any atom is -0.390 e. The second kappa shape index (κ2) is 18.5. The Morgan fingerprint density at radius 2 is 1.00 bits per heavy atom. The zero-order valence-electron chi connectivity index (χ0n) is 18.2. The van der Waals surface area contributed by atoms with E-state index >= 15 is 0 Å². The fraction of sp³-hybridized carbons (Fsp3) is 1.00. The van der Waals surface area contributed by atoms with Gasteiger partial charge in [0.1, 0.15) is 6.10 Å². The van der Waals surface area contributed by atoms with Gasteiger partial charge in [0.25, 0.3) is 0 Å². The highest BCUT2D eigenvalue weighted by molar-refractivity contribution is 7.80. The first-order chi connectivity index (χ1) is 13.8. The summed E-state index contributed by atoms with van der Waals surface area (Å²) in [5, 5.41) is 28.6. The maximum absolute atomic E-state index is 10.5. The normalized spacial score (nSPS) is 15.3. The van der Waals surface area contributed by atoms with E-state index in [0.717, 1.165) is 19.3 Å². The predicted octanol–water partition coefficient (Wildman–Crippen LogP) is 4.50. The maximum atomic E-state index is 10.5. The molecule has 0 aromatic carbocycles. The van der Waals surface area contributed by atoms with Gasteiger partial charge >= 0.3 is 10.4 Å². The van der Waals surface area contributed by atoms with E-state index in [9.17, 15) is 23.7 Å². The van der Waals surface area contributed by atoms with Gasteiger partial charge in [-0.15, -0.1) is 0 Å². The largest absolute Gasteiger partial charge is 0.399 e. The van der Waals surface area contributed by atoms with Gasteiger partial charge in [0.15, 0.2) is 0 Å². The van der Waals surface area contributed by atoms with Crippen LogP contribution in [0.3, 0.4) is 0 Å². The Labute approximate surface area is 177 Å². The topological polar surface area (TPSA) is 124 Å². The maximum Gasteiger partial charge on any atom is 0.399 e. The molecule has 0 saturated carbocycles. The summed E-state index contributed by atoms with van der Waals surface area (Å²) in [4.78, 5) is 0. The highest BCUT2D eigenvalue weighted by Gasteiger charge is 2.28. The van der Waals surface area contributed by atoms with Crippen molar-refractivity contribution in [2.75, 3.05) is 0 Å². The summed E-state index contributed by atoms with van der Waals surface area (Å²) in [5.74, 6) is 0. The number of hydrogen-bond donors (Lipinski definition) is 4. The monoisotopic (exact) mass is 440 g/mol. The molecule has 0 rings (SSSR count). The fourth-order valence-corrected chi connectivity index (χ4v) is 3.81. The van der Waals surface area contributed by atoms with E-state index in [2.05, 4.69) is 11.1 Å². The molecule has 0 heterocycles. The fourth-order valence-electron chi connectivity index (χ4n) is 3.44. The molecule has 0 amide bonds. The summed E-state index contributed by atoms with van der Waals surface area (Å²) >= 11 is 0. The lowest BCUT2D eigenvalue weighted by Crippen LogP contribution is -2.40. The van der Waals surface area contributed by atoms with Gasteiger partial charge in [-0.3, -0.25) is 4.55 Å². The molecule has 0 bridgehead atoms. The lowest BCUT2D eigenvalue weighted by Gasteiger charge is -2.21. The van der Waals surface area contributed by atoms with Gasteiger partial charge in [-0.2, -0.15) is 8.42 Å². The Hall–Kier alpha value is -0.250. The van der Waals surface area contributed by atoms with E-state index < -0.39 is 28.9 Å². The van der Waals surface area contributed by atoms with E-state index in [1.54, 1.807) is 0 Å². The number of aliphatic hydroxyl groups is 3. The average molecular weight is 441 g/mol. The summed E-state index contributed by atoms with van der Waals surface area (Å²) in [7, 11) is -4.87. The zero-order valence-corrected chi connectivity index (χ0v) is 19.0. The first-order valence-corrected chi connectivity index (χ1v) is 12.8. The van der Waals surface area contributed by atoms with Crippen LogP contribution in [-0.4, -0.2) is 46.8 Å². The summed E-state index contributed by atoms with van der Waals surface area (Å²) in [6, 6.07) is 0. The zero-order chi connectivity index (χ0) is 22.0. The molecule has 0 aliphatic heterocycles. The third-order valence-corrected chi connectivity index (χ3v) is 5.70. The van der Waals surface area contributed by atoms with Gasteiger partial charge in [0, 0.05) is 0 Å². The van der Waals surface area contributed by atoms with E-state index in [4.69, 9.17) is 4.55 Å². The smallest absolute Gasteiger partial charge is 0.390 e. The number of unbranched alkanes of at least 4 members (excludes halogenated alkanes) is 15. The highest BCUT2D eigenvalue weighted by Crippen LogP contribution is 2.15. The summed E-state index contributed by atoms with van der Waals surface area (Å²) in [5.41, 5.74) is 0. The molecule has 0 radical (unpaired) electrons. The van der Waals surface area contributed by atoms with Crippen LogP contribution in [0.2, 0.25) is 0 Å². The molecule has 176 valence electrons. The second-order valence-electron chi connectivity index (χ2n) is 8.06. The van der Waals surface area contributed by atoms with Crippen LogP contribution in [0.25, 0.3) is 0 Å². The minimum absolute atomic E-state index is 0.228. The molecule has 4 N–H and O–H groups in total. The van der Waals surface area contributed by atoms with Crippen molar-refractivity contribution in [1.29, 1.82) is 0 Å². The van der Waals surface area contributed by atoms with E-state index in [-0.39, 0.29) is 6.42 Å². The lowest BCUT2D eigenvalue weighted by atomic mass is 10.0. The van der Waals surface area contributed by atoms with Gasteiger partial charge in [-0.1, -0.05) is 110 Å². The van der Waals surface area contributed by atoms with E-state index in [1.807, 2.05) is 0 Å².